The quantitative estimate of drug-likeness (QED) is 0.0284. The summed E-state index contributed by atoms with van der Waals surface area (Å²) in [7, 11) is 1.50. The molecule has 334 valence electrons. The van der Waals surface area contributed by atoms with Crippen LogP contribution in [-0.2, 0) is 39.9 Å². The summed E-state index contributed by atoms with van der Waals surface area (Å²) < 4.78 is 15.5. The molecule has 22 heteroatoms. The third-order valence-electron chi connectivity index (χ3n) is 9.49. The zero-order valence-electron chi connectivity index (χ0n) is 33.5. The minimum absolute atomic E-state index is 0.0771. The van der Waals surface area contributed by atoms with Crippen LogP contribution in [0, 0.1) is 0 Å². The second kappa shape index (κ2) is 25.6. The number of carbonyl (C=O) groups excluding carboxylic acids is 2. The van der Waals surface area contributed by atoms with Gasteiger partial charge in [-0.25, -0.2) is 4.79 Å². The average Bonchev–Trinajstić information content (AvgIpc) is 3.19. The van der Waals surface area contributed by atoms with Gasteiger partial charge in [-0.3, -0.25) is 43.5 Å². The molecule has 61 heavy (non-hydrogen) atoms. The van der Waals surface area contributed by atoms with Crippen molar-refractivity contribution in [3.8, 4) is 5.75 Å². The van der Waals surface area contributed by atoms with Crippen molar-refractivity contribution < 1.29 is 73.3 Å². The summed E-state index contributed by atoms with van der Waals surface area (Å²) >= 11 is 5.37. The molecule has 21 nitrogen and oxygen atoms in total. The maximum Gasteiger partial charge on any atom is 0.513 e. The Labute approximate surface area is 356 Å². The zero-order chi connectivity index (χ0) is 44.9. The lowest BCUT2D eigenvalue weighted by Crippen LogP contribution is -2.59. The Balaban J connectivity index is 1.60. The summed E-state index contributed by atoms with van der Waals surface area (Å²) in [5.41, 5.74) is 1.64. The topological polar surface area (TPSA) is 294 Å². The van der Waals surface area contributed by atoms with E-state index in [9.17, 15) is 59.1 Å². The number of ether oxygens (including phenoxy) is 3. The highest BCUT2D eigenvalue weighted by Gasteiger charge is 2.38. The van der Waals surface area contributed by atoms with Gasteiger partial charge in [0.1, 0.15) is 12.4 Å². The molecule has 0 radical (unpaired) electrons. The average molecular weight is 877 g/mol. The van der Waals surface area contributed by atoms with E-state index in [1.165, 1.54) is 41.1 Å². The van der Waals surface area contributed by atoms with Crippen LogP contribution in [0.25, 0.3) is 0 Å². The van der Waals surface area contributed by atoms with Crippen LogP contribution in [0.2, 0.25) is 0 Å². The number of amides is 1. The summed E-state index contributed by atoms with van der Waals surface area (Å²) in [6, 6.07) is 10.6. The molecule has 2 aromatic rings. The fraction of sp³-hybridized carbons (Fsp3) is 0.487. The molecule has 0 unspecified atom stereocenters. The van der Waals surface area contributed by atoms with Crippen molar-refractivity contribution in [2.24, 2.45) is 0 Å². The van der Waals surface area contributed by atoms with Gasteiger partial charge in [-0.05, 0) is 73.4 Å². The monoisotopic (exact) mass is 876 g/mol. The van der Waals surface area contributed by atoms with Crippen molar-refractivity contribution in [2.75, 3.05) is 78.0 Å². The van der Waals surface area contributed by atoms with E-state index in [1.807, 2.05) is 0 Å². The van der Waals surface area contributed by atoms with E-state index in [0.717, 1.165) is 0 Å². The van der Waals surface area contributed by atoms with E-state index < -0.39 is 86.9 Å². The van der Waals surface area contributed by atoms with Crippen molar-refractivity contribution in [1.82, 2.24) is 25.3 Å². The molecular weight excluding hydrogens is 825 g/mol. The number of carboxylic acid groups (broad SMARTS) is 5. The van der Waals surface area contributed by atoms with E-state index in [0.29, 0.717) is 49.0 Å². The molecule has 0 saturated heterocycles. The Hall–Kier alpha value is -5.94. The standard InChI is InChI=1S/C39H52N6O15S/c1-40-37(56)26-8-12-29(13-9-26)60-39(57)59-17-16-58-15-14-41-38(61)42-27-10-6-25(7-11-27)18-28(43(20-32(46)47)21-33(48)49)19-44(22-34(50)51)30-4-2-3-5-31(30)45(23-35(52)53)24-36(54)55/h6-13,28,30-31H,2-5,14-24H2,1H3,(H,40,56)(H,46,47)(H,48,49)(H,50,51)(H,52,53)(H,54,55)(H2,41,42,61)/t28-,30+,31+/m0/s1. The molecule has 2 aromatic carbocycles. The summed E-state index contributed by atoms with van der Waals surface area (Å²) in [6.45, 7) is -2.67. The molecule has 0 spiro atoms. The van der Waals surface area contributed by atoms with E-state index in [2.05, 4.69) is 16.0 Å². The Morgan fingerprint density at radius 2 is 1.26 bits per heavy atom. The molecule has 8 N–H and O–H groups in total. The van der Waals surface area contributed by atoms with Gasteiger partial charge >= 0.3 is 36.0 Å². The Morgan fingerprint density at radius 3 is 1.80 bits per heavy atom. The molecule has 1 saturated carbocycles. The number of thiocarbonyl (C=S) groups is 1. The Bertz CT molecular complexity index is 1790. The lowest BCUT2D eigenvalue weighted by Gasteiger charge is -2.45. The van der Waals surface area contributed by atoms with Gasteiger partial charge in [-0.2, -0.15) is 0 Å². The molecule has 0 heterocycles. The number of benzene rings is 2. The van der Waals surface area contributed by atoms with Crippen LogP contribution in [0.5, 0.6) is 5.75 Å². The maximum absolute atomic E-state index is 12.2. The summed E-state index contributed by atoms with van der Waals surface area (Å²) in [4.78, 5) is 87.1. The number of rotatable bonds is 26. The number of carbonyl (C=O) groups is 7. The summed E-state index contributed by atoms with van der Waals surface area (Å²) in [6.07, 6.45) is 1.25. The summed E-state index contributed by atoms with van der Waals surface area (Å²) in [5, 5.41) is 57.2. The van der Waals surface area contributed by atoms with Crippen molar-refractivity contribution in [2.45, 2.75) is 50.2 Å². The highest BCUT2D eigenvalue weighted by Crippen LogP contribution is 2.29. The van der Waals surface area contributed by atoms with Crippen LogP contribution in [0.4, 0.5) is 10.5 Å². The fourth-order valence-corrected chi connectivity index (χ4v) is 7.17. The molecule has 0 bridgehead atoms. The first-order valence-corrected chi connectivity index (χ1v) is 19.6. The zero-order valence-corrected chi connectivity index (χ0v) is 34.3. The lowest BCUT2D eigenvalue weighted by atomic mass is 9.87. The van der Waals surface area contributed by atoms with Crippen molar-refractivity contribution >= 4 is 64.9 Å². The molecule has 0 aromatic heterocycles. The number of nitrogens with one attached hydrogen (secondary N) is 3. The highest BCUT2D eigenvalue weighted by atomic mass is 32.1. The number of hydrogen-bond donors (Lipinski definition) is 8. The fourth-order valence-electron chi connectivity index (χ4n) is 6.95. The van der Waals surface area contributed by atoms with Crippen LogP contribution >= 0.6 is 12.2 Å². The van der Waals surface area contributed by atoms with Gasteiger partial charge in [0.25, 0.3) is 5.91 Å². The largest absolute Gasteiger partial charge is 0.513 e. The maximum atomic E-state index is 12.2. The minimum atomic E-state index is -1.30. The molecule has 1 amide bonds. The van der Waals surface area contributed by atoms with E-state index in [-0.39, 0.29) is 49.6 Å². The molecule has 0 aliphatic heterocycles. The number of aliphatic carboxylic acids is 5. The van der Waals surface area contributed by atoms with Gasteiger partial charge in [0, 0.05) is 49.5 Å². The van der Waals surface area contributed by atoms with E-state index >= 15 is 0 Å². The third-order valence-corrected chi connectivity index (χ3v) is 9.74. The SMILES string of the molecule is CNC(=O)c1ccc(OC(=O)OCCOCCNC(=S)Nc2ccc(C[C@@H](CN(CC(=O)O)[C@@H]3CCCC[C@H]3N(CC(=O)O)CC(=O)O)N(CC(=O)O)CC(=O)O)cc2)cc1. The van der Waals surface area contributed by atoms with Gasteiger partial charge in [-0.15, -0.1) is 0 Å². The predicted octanol–water partition coefficient (Wildman–Crippen LogP) is 1.12. The molecule has 3 atom stereocenters. The molecule has 1 aliphatic rings. The molecule has 1 fully saturated rings. The number of anilines is 1. The third kappa shape index (κ3) is 18.5. The van der Waals surface area contributed by atoms with Gasteiger partial charge in [-0.1, -0.05) is 25.0 Å². The Kier molecular flexibility index (Phi) is 20.8. The Morgan fingerprint density at radius 1 is 0.721 bits per heavy atom. The van der Waals surface area contributed by atoms with Crippen LogP contribution in [0.15, 0.2) is 48.5 Å². The highest BCUT2D eigenvalue weighted by molar-refractivity contribution is 7.80. The lowest BCUT2D eigenvalue weighted by molar-refractivity contribution is -0.146. The molecule has 3 rings (SSSR count). The van der Waals surface area contributed by atoms with Crippen LogP contribution in [-0.4, -0.2) is 178 Å². The van der Waals surface area contributed by atoms with Crippen molar-refractivity contribution in [1.29, 1.82) is 0 Å². The predicted molar refractivity (Wildman–Crippen MR) is 220 cm³/mol. The normalized spacial score (nSPS) is 15.4. The van der Waals surface area contributed by atoms with Gasteiger partial charge in [0.15, 0.2) is 5.11 Å². The van der Waals surface area contributed by atoms with Crippen LogP contribution in [0.1, 0.15) is 41.6 Å². The van der Waals surface area contributed by atoms with Gasteiger partial charge < -0.3 is 55.7 Å². The van der Waals surface area contributed by atoms with Crippen molar-refractivity contribution in [3.63, 3.8) is 0 Å². The number of carboxylic acids is 5. The van der Waals surface area contributed by atoms with Gasteiger partial charge in [0.2, 0.25) is 0 Å². The molecular formula is C39H52N6O15S. The van der Waals surface area contributed by atoms with Gasteiger partial charge in [0.05, 0.1) is 45.9 Å². The first-order chi connectivity index (χ1) is 29.0. The first kappa shape index (κ1) is 49.4. The number of nitrogens with zero attached hydrogens (tertiary/aromatic N) is 3. The van der Waals surface area contributed by atoms with E-state index in [4.69, 9.17) is 26.4 Å². The molecule has 1 aliphatic carbocycles. The van der Waals surface area contributed by atoms with Crippen LogP contribution in [0.3, 0.4) is 0 Å². The van der Waals surface area contributed by atoms with Crippen LogP contribution < -0.4 is 20.7 Å². The first-order valence-electron chi connectivity index (χ1n) is 19.2. The van der Waals surface area contributed by atoms with Crippen molar-refractivity contribution in [3.05, 3.63) is 59.7 Å². The number of hydrogen-bond acceptors (Lipinski definition) is 14. The smallest absolute Gasteiger partial charge is 0.480 e. The minimum Gasteiger partial charge on any atom is -0.480 e. The second-order valence-electron chi connectivity index (χ2n) is 14.0. The summed E-state index contributed by atoms with van der Waals surface area (Å²) in [5.74, 6) is -6.41. The van der Waals surface area contributed by atoms with E-state index in [1.54, 1.807) is 29.2 Å². The second-order valence-corrected chi connectivity index (χ2v) is 14.4.